The fraction of sp³-hybridized carbons (Fsp3) is 0.385. The molecule has 0 unspecified atom stereocenters. The lowest BCUT2D eigenvalue weighted by molar-refractivity contribution is -0.123. The van der Waals surface area contributed by atoms with Gasteiger partial charge in [0.2, 0.25) is 0 Å². The summed E-state index contributed by atoms with van der Waals surface area (Å²) in [6, 6.07) is 15.2. The largest absolute Gasteiger partial charge is 0.378 e. The molecule has 1 N–H and O–H groups in total. The number of rotatable bonds is 5. The Balaban J connectivity index is 1.28. The number of benzene rings is 2. The Labute approximate surface area is 189 Å². The molecule has 1 amide bonds. The summed E-state index contributed by atoms with van der Waals surface area (Å²) in [5.41, 5.74) is 10.4. The van der Waals surface area contributed by atoms with Crippen LogP contribution in [0.2, 0.25) is 0 Å². The lowest BCUT2D eigenvalue weighted by Crippen LogP contribution is -2.44. The summed E-state index contributed by atoms with van der Waals surface area (Å²) in [6.45, 7) is 4.36. The SMILES string of the molecule is Cc1ccc2c(c1)c1c3n2CCN(CC(=O)N/N=C\c2ccc(N(C)C)cc2)[C@H]3CCC1. The highest BCUT2D eigenvalue weighted by Gasteiger charge is 2.35. The van der Waals surface area contributed by atoms with E-state index in [1.54, 1.807) is 6.21 Å². The number of nitrogens with one attached hydrogen (secondary N) is 1. The third-order valence-electron chi connectivity index (χ3n) is 6.80. The minimum Gasteiger partial charge on any atom is -0.378 e. The molecule has 5 rings (SSSR count). The van der Waals surface area contributed by atoms with E-state index in [-0.39, 0.29) is 5.91 Å². The van der Waals surface area contributed by atoms with Gasteiger partial charge in [0.1, 0.15) is 0 Å². The van der Waals surface area contributed by atoms with Gasteiger partial charge in [-0.3, -0.25) is 9.69 Å². The Hall–Kier alpha value is -3.12. The second-order valence-electron chi connectivity index (χ2n) is 9.19. The van der Waals surface area contributed by atoms with Crippen molar-refractivity contribution < 1.29 is 4.79 Å². The molecule has 0 saturated heterocycles. The highest BCUT2D eigenvalue weighted by Crippen LogP contribution is 2.42. The fourth-order valence-corrected chi connectivity index (χ4v) is 5.24. The molecule has 0 bridgehead atoms. The quantitative estimate of drug-likeness (QED) is 0.495. The molecule has 0 radical (unpaired) electrons. The molecule has 166 valence electrons. The van der Waals surface area contributed by atoms with Gasteiger partial charge in [0.15, 0.2) is 0 Å². The van der Waals surface area contributed by atoms with Crippen molar-refractivity contribution >= 4 is 28.7 Å². The van der Waals surface area contributed by atoms with Crippen molar-refractivity contribution in [2.24, 2.45) is 5.10 Å². The van der Waals surface area contributed by atoms with Crippen LogP contribution in [0, 0.1) is 6.92 Å². The van der Waals surface area contributed by atoms with E-state index >= 15 is 0 Å². The maximum atomic E-state index is 12.7. The fourth-order valence-electron chi connectivity index (χ4n) is 5.24. The molecule has 1 atom stereocenters. The number of aryl methyl sites for hydroxylation is 2. The Morgan fingerprint density at radius 1 is 1.19 bits per heavy atom. The third kappa shape index (κ3) is 3.79. The van der Waals surface area contributed by atoms with E-state index in [4.69, 9.17) is 0 Å². The molecule has 1 aliphatic carbocycles. The van der Waals surface area contributed by atoms with Gasteiger partial charge in [-0.15, -0.1) is 0 Å². The van der Waals surface area contributed by atoms with Crippen molar-refractivity contribution in [1.29, 1.82) is 0 Å². The van der Waals surface area contributed by atoms with Gasteiger partial charge in [-0.05, 0) is 61.6 Å². The van der Waals surface area contributed by atoms with Crippen LogP contribution in [0.15, 0.2) is 47.6 Å². The highest BCUT2D eigenvalue weighted by molar-refractivity contribution is 5.87. The minimum atomic E-state index is -0.0568. The van der Waals surface area contributed by atoms with E-state index in [0.717, 1.165) is 37.2 Å². The molecule has 2 aromatic carbocycles. The number of hydrazone groups is 1. The zero-order valence-electron chi connectivity index (χ0n) is 19.1. The van der Waals surface area contributed by atoms with Crippen molar-refractivity contribution in [3.63, 3.8) is 0 Å². The van der Waals surface area contributed by atoms with Gasteiger partial charge in [0, 0.05) is 49.5 Å². The van der Waals surface area contributed by atoms with E-state index in [2.05, 4.69) is 50.0 Å². The molecular weight excluding hydrogens is 398 g/mol. The molecule has 32 heavy (non-hydrogen) atoms. The maximum absolute atomic E-state index is 12.7. The van der Waals surface area contributed by atoms with Crippen LogP contribution in [0.1, 0.15) is 41.3 Å². The molecule has 3 aromatic rings. The van der Waals surface area contributed by atoms with Crippen molar-refractivity contribution in [2.75, 3.05) is 32.1 Å². The summed E-state index contributed by atoms with van der Waals surface area (Å²) in [5.74, 6) is -0.0568. The highest BCUT2D eigenvalue weighted by atomic mass is 16.2. The zero-order valence-corrected chi connectivity index (χ0v) is 19.1. The number of carbonyl (C=O) groups is 1. The van der Waals surface area contributed by atoms with Crippen LogP contribution in [-0.4, -0.2) is 48.8 Å². The zero-order chi connectivity index (χ0) is 22.2. The van der Waals surface area contributed by atoms with Crippen molar-refractivity contribution in [1.82, 2.24) is 14.9 Å². The van der Waals surface area contributed by atoms with Crippen LogP contribution < -0.4 is 10.3 Å². The number of aromatic nitrogens is 1. The van der Waals surface area contributed by atoms with Gasteiger partial charge < -0.3 is 9.47 Å². The summed E-state index contributed by atoms with van der Waals surface area (Å²) in [4.78, 5) is 17.0. The molecule has 1 aromatic heterocycles. The molecule has 1 aliphatic heterocycles. The first-order valence-corrected chi connectivity index (χ1v) is 11.5. The first-order valence-electron chi connectivity index (χ1n) is 11.5. The van der Waals surface area contributed by atoms with Crippen LogP contribution >= 0.6 is 0 Å². The molecule has 2 heterocycles. The Morgan fingerprint density at radius 2 is 2.00 bits per heavy atom. The van der Waals surface area contributed by atoms with E-state index < -0.39 is 0 Å². The lowest BCUT2D eigenvalue weighted by Gasteiger charge is -2.39. The Kier molecular flexibility index (Phi) is 5.47. The number of hydrogen-bond donors (Lipinski definition) is 1. The molecule has 6 nitrogen and oxygen atoms in total. The molecule has 0 spiro atoms. The van der Waals surface area contributed by atoms with E-state index in [1.807, 2.05) is 38.4 Å². The number of amides is 1. The monoisotopic (exact) mass is 429 g/mol. The van der Waals surface area contributed by atoms with Crippen LogP contribution in [0.5, 0.6) is 0 Å². The van der Waals surface area contributed by atoms with E-state index in [0.29, 0.717) is 12.6 Å². The van der Waals surface area contributed by atoms with Gasteiger partial charge >= 0.3 is 0 Å². The first kappa shape index (κ1) is 20.8. The van der Waals surface area contributed by atoms with Crippen LogP contribution in [0.4, 0.5) is 5.69 Å². The molecule has 0 fully saturated rings. The Bertz CT molecular complexity index is 1180. The summed E-state index contributed by atoms with van der Waals surface area (Å²) >= 11 is 0. The van der Waals surface area contributed by atoms with Gasteiger partial charge in [-0.25, -0.2) is 5.43 Å². The van der Waals surface area contributed by atoms with Gasteiger partial charge in [-0.1, -0.05) is 23.8 Å². The van der Waals surface area contributed by atoms with Gasteiger partial charge in [0.05, 0.1) is 18.8 Å². The third-order valence-corrected chi connectivity index (χ3v) is 6.80. The smallest absolute Gasteiger partial charge is 0.254 e. The summed E-state index contributed by atoms with van der Waals surface area (Å²) in [5, 5.41) is 5.59. The molecule has 2 aliphatic rings. The number of anilines is 1. The average molecular weight is 430 g/mol. The predicted octanol–water partition coefficient (Wildman–Crippen LogP) is 3.86. The predicted molar refractivity (Wildman–Crippen MR) is 130 cm³/mol. The standard InChI is InChI=1S/C26H31N5O/c1-18-7-12-23-22(15-18)21-5-4-6-24-26(21)31(23)14-13-30(24)17-25(32)28-27-16-19-8-10-20(11-9-19)29(2)3/h7-12,15-16,24H,4-6,13-14,17H2,1-3H3,(H,28,32)/b27-16-/t24-/m0/s1. The van der Waals surface area contributed by atoms with Crippen LogP contribution in [0.3, 0.4) is 0 Å². The molecule has 6 heteroatoms. The second kappa shape index (κ2) is 8.43. The molecule has 0 saturated carbocycles. The van der Waals surface area contributed by atoms with E-state index in [1.165, 1.54) is 34.1 Å². The number of carbonyl (C=O) groups excluding carboxylic acids is 1. The second-order valence-corrected chi connectivity index (χ2v) is 9.19. The Morgan fingerprint density at radius 3 is 2.78 bits per heavy atom. The van der Waals surface area contributed by atoms with Gasteiger partial charge in [-0.2, -0.15) is 5.10 Å². The van der Waals surface area contributed by atoms with Crippen LogP contribution in [0.25, 0.3) is 10.9 Å². The summed E-state index contributed by atoms with van der Waals surface area (Å²) in [7, 11) is 4.03. The normalized spacial score (nSPS) is 18.2. The number of hydrogen-bond acceptors (Lipinski definition) is 4. The average Bonchev–Trinajstić information content (AvgIpc) is 3.10. The maximum Gasteiger partial charge on any atom is 0.254 e. The minimum absolute atomic E-state index is 0.0568. The van der Waals surface area contributed by atoms with E-state index in [9.17, 15) is 4.79 Å². The number of fused-ring (bicyclic) bond motifs is 3. The summed E-state index contributed by atoms with van der Waals surface area (Å²) < 4.78 is 2.50. The van der Waals surface area contributed by atoms with Crippen molar-refractivity contribution in [3.8, 4) is 0 Å². The number of nitrogens with zero attached hydrogens (tertiary/aromatic N) is 4. The molecular formula is C26H31N5O. The summed E-state index contributed by atoms with van der Waals surface area (Å²) in [6.07, 6.45) is 5.11. The lowest BCUT2D eigenvalue weighted by atomic mass is 9.89. The van der Waals surface area contributed by atoms with Crippen molar-refractivity contribution in [3.05, 3.63) is 64.8 Å². The van der Waals surface area contributed by atoms with Crippen molar-refractivity contribution in [2.45, 2.75) is 38.8 Å². The first-order chi connectivity index (χ1) is 15.5. The van der Waals surface area contributed by atoms with Crippen LogP contribution in [-0.2, 0) is 17.8 Å². The van der Waals surface area contributed by atoms with Gasteiger partial charge in [0.25, 0.3) is 5.91 Å². The topological polar surface area (TPSA) is 52.9 Å².